The molecule has 0 amide bonds. The lowest BCUT2D eigenvalue weighted by atomic mass is 10.2. The SMILES string of the molecule is CC(C)CS(=O)(=O)Nc1cccc(OCc2ccc(F)cc2)c1. The van der Waals surface area contributed by atoms with E-state index in [0.717, 1.165) is 5.56 Å². The van der Waals surface area contributed by atoms with Gasteiger partial charge in [-0.2, -0.15) is 0 Å². The zero-order valence-corrected chi connectivity index (χ0v) is 13.9. The molecule has 0 atom stereocenters. The Hall–Kier alpha value is -2.08. The smallest absolute Gasteiger partial charge is 0.232 e. The second kappa shape index (κ2) is 7.46. The highest BCUT2D eigenvalue weighted by Gasteiger charge is 2.13. The van der Waals surface area contributed by atoms with Gasteiger partial charge in [-0.25, -0.2) is 12.8 Å². The molecule has 2 aromatic carbocycles. The number of rotatable bonds is 7. The van der Waals surface area contributed by atoms with E-state index < -0.39 is 10.0 Å². The highest BCUT2D eigenvalue weighted by Crippen LogP contribution is 2.20. The van der Waals surface area contributed by atoms with Gasteiger partial charge in [-0.05, 0) is 35.7 Å². The Labute approximate surface area is 136 Å². The summed E-state index contributed by atoms with van der Waals surface area (Å²) in [6, 6.07) is 12.8. The molecule has 0 heterocycles. The molecule has 124 valence electrons. The van der Waals surface area contributed by atoms with Crippen LogP contribution in [-0.2, 0) is 16.6 Å². The van der Waals surface area contributed by atoms with Gasteiger partial charge >= 0.3 is 0 Å². The van der Waals surface area contributed by atoms with Gasteiger partial charge in [0.15, 0.2) is 0 Å². The van der Waals surface area contributed by atoms with E-state index in [1.165, 1.54) is 12.1 Å². The molecule has 1 N–H and O–H groups in total. The normalized spacial score (nSPS) is 11.5. The first-order valence-corrected chi connectivity index (χ1v) is 8.97. The summed E-state index contributed by atoms with van der Waals surface area (Å²) in [7, 11) is -3.37. The van der Waals surface area contributed by atoms with E-state index in [1.54, 1.807) is 36.4 Å². The second-order valence-electron chi connectivity index (χ2n) is 5.72. The van der Waals surface area contributed by atoms with Gasteiger partial charge in [-0.3, -0.25) is 4.72 Å². The zero-order chi connectivity index (χ0) is 16.9. The predicted molar refractivity (Wildman–Crippen MR) is 89.4 cm³/mol. The molecule has 0 aliphatic rings. The van der Waals surface area contributed by atoms with E-state index in [0.29, 0.717) is 11.4 Å². The van der Waals surface area contributed by atoms with Crippen molar-refractivity contribution >= 4 is 15.7 Å². The number of hydrogen-bond acceptors (Lipinski definition) is 3. The van der Waals surface area contributed by atoms with E-state index >= 15 is 0 Å². The Kier molecular flexibility index (Phi) is 5.60. The molecule has 0 aromatic heterocycles. The van der Waals surface area contributed by atoms with Gasteiger partial charge in [0.1, 0.15) is 18.2 Å². The monoisotopic (exact) mass is 337 g/mol. The van der Waals surface area contributed by atoms with Crippen molar-refractivity contribution in [1.82, 2.24) is 0 Å². The van der Waals surface area contributed by atoms with Crippen LogP contribution in [0.2, 0.25) is 0 Å². The molecule has 2 rings (SSSR count). The Morgan fingerprint density at radius 3 is 2.48 bits per heavy atom. The minimum Gasteiger partial charge on any atom is -0.489 e. The average Bonchev–Trinajstić information content (AvgIpc) is 2.45. The molecule has 0 aliphatic heterocycles. The summed E-state index contributed by atoms with van der Waals surface area (Å²) in [4.78, 5) is 0. The summed E-state index contributed by atoms with van der Waals surface area (Å²) in [6.45, 7) is 3.98. The minimum absolute atomic E-state index is 0.0467. The number of sulfonamides is 1. The molecule has 0 fully saturated rings. The Morgan fingerprint density at radius 1 is 1.13 bits per heavy atom. The largest absolute Gasteiger partial charge is 0.489 e. The van der Waals surface area contributed by atoms with Crippen LogP contribution in [0, 0.1) is 11.7 Å². The summed E-state index contributed by atoms with van der Waals surface area (Å²) in [5, 5.41) is 0. The third-order valence-corrected chi connectivity index (χ3v) is 4.63. The van der Waals surface area contributed by atoms with Crippen molar-refractivity contribution in [1.29, 1.82) is 0 Å². The Balaban J connectivity index is 2.00. The van der Waals surface area contributed by atoms with E-state index in [1.807, 2.05) is 13.8 Å². The highest BCUT2D eigenvalue weighted by molar-refractivity contribution is 7.92. The number of anilines is 1. The second-order valence-corrected chi connectivity index (χ2v) is 7.49. The molecular formula is C17H20FNO3S. The first-order valence-electron chi connectivity index (χ1n) is 7.32. The molecule has 0 bridgehead atoms. The molecule has 0 radical (unpaired) electrons. The predicted octanol–water partition coefficient (Wildman–Crippen LogP) is 3.80. The van der Waals surface area contributed by atoms with Gasteiger partial charge in [0, 0.05) is 6.07 Å². The quantitative estimate of drug-likeness (QED) is 0.836. The number of nitrogens with one attached hydrogen (secondary N) is 1. The van der Waals surface area contributed by atoms with Gasteiger partial charge in [0.2, 0.25) is 10.0 Å². The average molecular weight is 337 g/mol. The molecule has 2 aromatic rings. The maximum Gasteiger partial charge on any atom is 0.232 e. The van der Waals surface area contributed by atoms with Crippen LogP contribution >= 0.6 is 0 Å². The summed E-state index contributed by atoms with van der Waals surface area (Å²) in [5.74, 6) is 0.355. The van der Waals surface area contributed by atoms with Gasteiger partial charge in [-0.1, -0.05) is 32.0 Å². The molecule has 0 spiro atoms. The first-order chi connectivity index (χ1) is 10.8. The number of benzene rings is 2. The lowest BCUT2D eigenvalue weighted by Gasteiger charge is -2.12. The number of halogens is 1. The third kappa shape index (κ3) is 5.90. The van der Waals surface area contributed by atoms with Crippen molar-refractivity contribution in [2.45, 2.75) is 20.5 Å². The maximum absolute atomic E-state index is 12.8. The lowest BCUT2D eigenvalue weighted by molar-refractivity contribution is 0.306. The molecule has 0 saturated heterocycles. The Bertz CT molecular complexity index is 743. The fourth-order valence-electron chi connectivity index (χ4n) is 2.06. The fraction of sp³-hybridized carbons (Fsp3) is 0.294. The molecule has 6 heteroatoms. The van der Waals surface area contributed by atoms with Crippen LogP contribution in [0.25, 0.3) is 0 Å². The van der Waals surface area contributed by atoms with E-state index in [9.17, 15) is 12.8 Å². The van der Waals surface area contributed by atoms with Crippen molar-refractivity contribution in [3.8, 4) is 5.75 Å². The maximum atomic E-state index is 12.8. The first kappa shape index (κ1) is 17.3. The van der Waals surface area contributed by atoms with E-state index in [4.69, 9.17) is 4.74 Å². The topological polar surface area (TPSA) is 55.4 Å². The molecule has 4 nitrogen and oxygen atoms in total. The molecule has 0 unspecified atom stereocenters. The van der Waals surface area contributed by atoms with Crippen LogP contribution in [-0.4, -0.2) is 14.2 Å². The highest BCUT2D eigenvalue weighted by atomic mass is 32.2. The van der Waals surface area contributed by atoms with Gasteiger partial charge in [-0.15, -0.1) is 0 Å². The zero-order valence-electron chi connectivity index (χ0n) is 13.1. The molecule has 23 heavy (non-hydrogen) atoms. The van der Waals surface area contributed by atoms with Crippen LogP contribution in [0.15, 0.2) is 48.5 Å². The van der Waals surface area contributed by atoms with Gasteiger partial charge < -0.3 is 4.74 Å². The lowest BCUT2D eigenvalue weighted by Crippen LogP contribution is -2.20. The van der Waals surface area contributed by atoms with E-state index in [-0.39, 0.29) is 24.1 Å². The van der Waals surface area contributed by atoms with Crippen molar-refractivity contribution in [3.63, 3.8) is 0 Å². The van der Waals surface area contributed by atoms with Crippen LogP contribution in [0.4, 0.5) is 10.1 Å². The van der Waals surface area contributed by atoms with Crippen LogP contribution < -0.4 is 9.46 Å². The van der Waals surface area contributed by atoms with Crippen molar-refractivity contribution in [2.24, 2.45) is 5.92 Å². The van der Waals surface area contributed by atoms with Crippen LogP contribution in [0.1, 0.15) is 19.4 Å². The third-order valence-electron chi connectivity index (χ3n) is 2.98. The van der Waals surface area contributed by atoms with Gasteiger partial charge in [0.25, 0.3) is 0 Å². The van der Waals surface area contributed by atoms with E-state index in [2.05, 4.69) is 4.72 Å². The molecule has 0 saturated carbocycles. The van der Waals surface area contributed by atoms with Crippen molar-refractivity contribution in [3.05, 3.63) is 59.9 Å². The van der Waals surface area contributed by atoms with Crippen molar-refractivity contribution < 1.29 is 17.5 Å². The summed E-state index contributed by atoms with van der Waals surface area (Å²) >= 11 is 0. The number of hydrogen-bond donors (Lipinski definition) is 1. The van der Waals surface area contributed by atoms with Crippen LogP contribution in [0.5, 0.6) is 5.75 Å². The molecular weight excluding hydrogens is 317 g/mol. The summed E-state index contributed by atoms with van der Waals surface area (Å²) in [6.07, 6.45) is 0. The van der Waals surface area contributed by atoms with Crippen LogP contribution in [0.3, 0.4) is 0 Å². The Morgan fingerprint density at radius 2 is 1.83 bits per heavy atom. The van der Waals surface area contributed by atoms with Gasteiger partial charge in [0.05, 0.1) is 11.4 Å². The molecule has 0 aliphatic carbocycles. The summed E-state index contributed by atoms with van der Waals surface area (Å²) < 4.78 is 44.9. The standard InChI is InChI=1S/C17H20FNO3S/c1-13(2)12-23(20,21)19-16-4-3-5-17(10-16)22-11-14-6-8-15(18)9-7-14/h3-10,13,19H,11-12H2,1-2H3. The number of ether oxygens (including phenoxy) is 1. The summed E-state index contributed by atoms with van der Waals surface area (Å²) in [5.41, 5.74) is 1.29. The minimum atomic E-state index is -3.37. The van der Waals surface area contributed by atoms with Crippen molar-refractivity contribution in [2.75, 3.05) is 10.5 Å². The fourth-order valence-corrected chi connectivity index (χ4v) is 3.50.